The first-order valence-corrected chi connectivity index (χ1v) is 12.6. The number of hydrogen-bond donors (Lipinski definition) is 0. The van der Waals surface area contributed by atoms with E-state index in [1.54, 1.807) is 12.3 Å². The zero-order chi connectivity index (χ0) is 26.2. The highest BCUT2D eigenvalue weighted by atomic mass is 35.5. The zero-order valence-electron chi connectivity index (χ0n) is 20.4. The Morgan fingerprint density at radius 3 is 2.62 bits per heavy atom. The van der Waals surface area contributed by atoms with Crippen LogP contribution in [0.4, 0.5) is 4.39 Å². The summed E-state index contributed by atoms with van der Waals surface area (Å²) in [5.41, 5.74) is 1.57. The molecule has 1 aliphatic rings. The monoisotopic (exact) mass is 513 g/mol. The number of ketones is 1. The van der Waals surface area contributed by atoms with Crippen molar-refractivity contribution < 1.29 is 14.0 Å². The number of nitrogens with zero attached hydrogens (tertiary/aromatic N) is 3. The van der Waals surface area contributed by atoms with Gasteiger partial charge in [0.2, 0.25) is 5.91 Å². The van der Waals surface area contributed by atoms with Crippen molar-refractivity contribution in [2.24, 2.45) is 0 Å². The van der Waals surface area contributed by atoms with Crippen LogP contribution in [0, 0.1) is 11.3 Å². The number of aromatic nitrogens is 1. The summed E-state index contributed by atoms with van der Waals surface area (Å²) in [7, 11) is 0. The molecule has 1 unspecified atom stereocenters. The van der Waals surface area contributed by atoms with Gasteiger partial charge in [-0.1, -0.05) is 35.9 Å². The van der Waals surface area contributed by atoms with Crippen LogP contribution in [-0.2, 0) is 4.79 Å². The Labute approximate surface area is 219 Å². The second-order valence-electron chi connectivity index (χ2n) is 9.84. The Kier molecular flexibility index (Phi) is 6.66. The van der Waals surface area contributed by atoms with E-state index in [1.165, 1.54) is 11.8 Å². The number of Topliss-reactive ketones (excluding diaryl/α,β-unsaturated/α-hetero) is 1. The Morgan fingerprint density at radius 1 is 1.08 bits per heavy atom. The van der Waals surface area contributed by atoms with Crippen molar-refractivity contribution in [2.75, 3.05) is 6.54 Å². The number of piperidine rings is 1. The van der Waals surface area contributed by atoms with Gasteiger partial charge in [0.25, 0.3) is 0 Å². The molecule has 0 N–H and O–H groups in total. The molecule has 1 aromatic heterocycles. The van der Waals surface area contributed by atoms with Crippen LogP contribution in [0.5, 0.6) is 0 Å². The first kappa shape index (κ1) is 24.9. The summed E-state index contributed by atoms with van der Waals surface area (Å²) in [6.07, 6.45) is 2.01. The summed E-state index contributed by atoms with van der Waals surface area (Å²) in [4.78, 5) is 31.8. The fourth-order valence-corrected chi connectivity index (χ4v) is 5.18. The van der Waals surface area contributed by atoms with Gasteiger partial charge in [-0.15, -0.1) is 0 Å². The number of likely N-dealkylation sites (tertiary alicyclic amines) is 1. The molecule has 2 atom stereocenters. The van der Waals surface area contributed by atoms with Crippen molar-refractivity contribution in [2.45, 2.75) is 44.3 Å². The molecule has 0 bridgehead atoms. The van der Waals surface area contributed by atoms with E-state index in [0.29, 0.717) is 27.9 Å². The maximum absolute atomic E-state index is 14.5. The van der Waals surface area contributed by atoms with Crippen LogP contribution < -0.4 is 0 Å². The Morgan fingerprint density at radius 2 is 1.81 bits per heavy atom. The SMILES string of the molecule is CC1(F)CC[C@@H](C#N)N(C(=O)CCC(=O)c2ccnc3ccc(-c4ccc5cc(Cl)ccc5c4)cc23)C1. The maximum atomic E-state index is 14.5. The van der Waals surface area contributed by atoms with Crippen molar-refractivity contribution in [3.05, 3.63) is 77.4 Å². The van der Waals surface area contributed by atoms with Crippen molar-refractivity contribution >= 4 is 45.0 Å². The van der Waals surface area contributed by atoms with E-state index in [-0.39, 0.29) is 37.5 Å². The van der Waals surface area contributed by atoms with E-state index in [1.807, 2.05) is 48.5 Å². The topological polar surface area (TPSA) is 74.1 Å². The molecule has 1 saturated heterocycles. The van der Waals surface area contributed by atoms with E-state index >= 15 is 0 Å². The molecule has 4 aromatic rings. The molecule has 37 heavy (non-hydrogen) atoms. The van der Waals surface area contributed by atoms with Crippen LogP contribution in [0.3, 0.4) is 0 Å². The highest BCUT2D eigenvalue weighted by Gasteiger charge is 2.38. The van der Waals surface area contributed by atoms with Crippen LogP contribution >= 0.6 is 11.6 Å². The maximum Gasteiger partial charge on any atom is 0.224 e. The summed E-state index contributed by atoms with van der Waals surface area (Å²) < 4.78 is 14.5. The number of halogens is 2. The van der Waals surface area contributed by atoms with Gasteiger partial charge in [-0.2, -0.15) is 5.26 Å². The van der Waals surface area contributed by atoms with Crippen molar-refractivity contribution in [3.63, 3.8) is 0 Å². The summed E-state index contributed by atoms with van der Waals surface area (Å²) >= 11 is 6.11. The van der Waals surface area contributed by atoms with Crippen LogP contribution in [-0.4, -0.2) is 39.8 Å². The van der Waals surface area contributed by atoms with Gasteiger partial charge in [0.05, 0.1) is 18.1 Å². The minimum atomic E-state index is -1.53. The molecular formula is C30H25ClFN3O2. The summed E-state index contributed by atoms with van der Waals surface area (Å²) in [5.74, 6) is -0.571. The number of alkyl halides is 1. The number of benzene rings is 3. The zero-order valence-corrected chi connectivity index (χ0v) is 21.1. The molecule has 2 heterocycles. The first-order chi connectivity index (χ1) is 17.7. The number of carbonyl (C=O) groups is 2. The van der Waals surface area contributed by atoms with Gasteiger partial charge in [0.15, 0.2) is 5.78 Å². The molecule has 186 valence electrons. The van der Waals surface area contributed by atoms with Gasteiger partial charge in [0, 0.05) is 35.0 Å². The van der Waals surface area contributed by atoms with E-state index in [2.05, 4.69) is 17.1 Å². The fraction of sp³-hybridized carbons (Fsp3) is 0.267. The second-order valence-corrected chi connectivity index (χ2v) is 10.3. The quantitative estimate of drug-likeness (QED) is 0.272. The number of fused-ring (bicyclic) bond motifs is 2. The van der Waals surface area contributed by atoms with E-state index in [9.17, 15) is 19.2 Å². The summed E-state index contributed by atoms with van der Waals surface area (Å²) in [5, 5.41) is 12.9. The average Bonchev–Trinajstić information content (AvgIpc) is 2.90. The summed E-state index contributed by atoms with van der Waals surface area (Å²) in [6, 6.07) is 20.7. The highest BCUT2D eigenvalue weighted by Crippen LogP contribution is 2.31. The van der Waals surface area contributed by atoms with Gasteiger partial charge in [-0.25, -0.2) is 4.39 Å². The summed E-state index contributed by atoms with van der Waals surface area (Å²) in [6.45, 7) is 1.31. The minimum Gasteiger partial charge on any atom is -0.323 e. The molecule has 1 aliphatic heterocycles. The molecule has 1 amide bonds. The molecule has 1 fully saturated rings. The molecule has 7 heteroatoms. The smallest absolute Gasteiger partial charge is 0.224 e. The van der Waals surface area contributed by atoms with Gasteiger partial charge < -0.3 is 4.90 Å². The fourth-order valence-electron chi connectivity index (χ4n) is 5.00. The third kappa shape index (κ3) is 5.19. The lowest BCUT2D eigenvalue weighted by atomic mass is 9.91. The predicted octanol–water partition coefficient (Wildman–Crippen LogP) is 6.91. The van der Waals surface area contributed by atoms with Crippen molar-refractivity contribution in [3.8, 4) is 17.2 Å². The number of pyridine rings is 1. The normalized spacial score (nSPS) is 19.6. The average molecular weight is 514 g/mol. The van der Waals surface area contributed by atoms with E-state index in [0.717, 1.165) is 21.9 Å². The third-order valence-electron chi connectivity index (χ3n) is 7.03. The third-order valence-corrected chi connectivity index (χ3v) is 7.26. The van der Waals surface area contributed by atoms with Gasteiger partial charge >= 0.3 is 0 Å². The highest BCUT2D eigenvalue weighted by molar-refractivity contribution is 6.31. The first-order valence-electron chi connectivity index (χ1n) is 12.2. The van der Waals surface area contributed by atoms with Gasteiger partial charge in [-0.3, -0.25) is 14.6 Å². The number of nitriles is 1. The molecular weight excluding hydrogens is 489 g/mol. The molecule has 0 saturated carbocycles. The standard InChI is InChI=1S/C30H25ClFN3O2/c1-30(32)12-10-24(17-33)35(18-30)29(37)9-8-28(36)25-11-13-34-27-7-5-22(16-26(25)27)19-2-3-21-15-23(31)6-4-20(21)14-19/h2-7,11,13-16,24H,8-10,12,18H2,1H3/t24-,30?/m0/s1. The molecule has 5 nitrogen and oxygen atoms in total. The predicted molar refractivity (Wildman–Crippen MR) is 143 cm³/mol. The second kappa shape index (κ2) is 9.91. The lowest BCUT2D eigenvalue weighted by molar-refractivity contribution is -0.137. The van der Waals surface area contributed by atoms with E-state index < -0.39 is 11.7 Å². The van der Waals surface area contributed by atoms with Crippen molar-refractivity contribution in [1.82, 2.24) is 9.88 Å². The number of amides is 1. The van der Waals surface area contributed by atoms with Crippen LogP contribution in [0.2, 0.25) is 5.02 Å². The number of rotatable bonds is 5. The Bertz CT molecular complexity index is 1580. The molecule has 0 spiro atoms. The number of carbonyl (C=O) groups excluding carboxylic acids is 2. The minimum absolute atomic E-state index is 0.0312. The Balaban J connectivity index is 1.39. The van der Waals surface area contributed by atoms with Crippen molar-refractivity contribution in [1.29, 1.82) is 5.26 Å². The lowest BCUT2D eigenvalue weighted by Crippen LogP contribution is -2.51. The molecule has 3 aromatic carbocycles. The molecule has 0 aliphatic carbocycles. The largest absolute Gasteiger partial charge is 0.323 e. The lowest BCUT2D eigenvalue weighted by Gasteiger charge is -2.38. The van der Waals surface area contributed by atoms with Crippen LogP contribution in [0.15, 0.2) is 66.9 Å². The van der Waals surface area contributed by atoms with Crippen LogP contribution in [0.1, 0.15) is 43.0 Å². The Hall–Kier alpha value is -3.82. The van der Waals surface area contributed by atoms with E-state index in [4.69, 9.17) is 11.6 Å². The van der Waals surface area contributed by atoms with Gasteiger partial charge in [0.1, 0.15) is 11.7 Å². The van der Waals surface area contributed by atoms with Crippen LogP contribution in [0.25, 0.3) is 32.8 Å². The molecule has 5 rings (SSSR count). The molecule has 0 radical (unpaired) electrons. The number of hydrogen-bond acceptors (Lipinski definition) is 4. The van der Waals surface area contributed by atoms with Gasteiger partial charge in [-0.05, 0) is 78.1 Å².